The molecular weight excluding hydrogens is 356 g/mol. The number of benzene rings is 1. The second-order valence-electron chi connectivity index (χ2n) is 5.82. The molecule has 0 fully saturated rings. The number of anilines is 1. The molecule has 9 heteroatoms. The van der Waals surface area contributed by atoms with Crippen LogP contribution in [0, 0.1) is 5.41 Å². The first kappa shape index (κ1) is 17.8. The first-order valence-corrected chi connectivity index (χ1v) is 8.18. The van der Waals surface area contributed by atoms with Crippen LogP contribution in [-0.2, 0) is 0 Å². The number of H-pyrrole nitrogens is 1. The molecule has 8 nitrogen and oxygen atoms in total. The first-order chi connectivity index (χ1) is 12.4. The normalized spacial score (nSPS) is 12.1. The standard InChI is InChI=1S/C17H17ClN6O2/c1-8(7-25)23-17(26)11-5-21-16-15(11)24-13(6-22-16)14(20)10-3-2-9(18)4-12(10)19/h2-6,8,20,25H,7,19H2,1H3,(H,21,22)(H,23,26). The van der Waals surface area contributed by atoms with E-state index >= 15 is 0 Å². The van der Waals surface area contributed by atoms with Crippen molar-refractivity contribution >= 4 is 40.1 Å². The molecule has 0 bridgehead atoms. The topological polar surface area (TPSA) is 141 Å². The van der Waals surface area contributed by atoms with Crippen molar-refractivity contribution in [1.29, 1.82) is 5.41 Å². The van der Waals surface area contributed by atoms with Crippen LogP contribution in [0.15, 0.2) is 30.6 Å². The highest BCUT2D eigenvalue weighted by Gasteiger charge is 2.18. The highest BCUT2D eigenvalue weighted by molar-refractivity contribution is 6.31. The van der Waals surface area contributed by atoms with Crippen molar-refractivity contribution in [2.75, 3.05) is 12.3 Å². The van der Waals surface area contributed by atoms with Crippen molar-refractivity contribution in [3.05, 3.63) is 52.4 Å². The van der Waals surface area contributed by atoms with Crippen molar-refractivity contribution in [2.45, 2.75) is 13.0 Å². The smallest absolute Gasteiger partial charge is 0.255 e. The van der Waals surface area contributed by atoms with Crippen molar-refractivity contribution in [1.82, 2.24) is 20.3 Å². The Hall–Kier alpha value is -2.97. The van der Waals surface area contributed by atoms with E-state index in [1.54, 1.807) is 25.1 Å². The average molecular weight is 373 g/mol. The number of carbonyl (C=O) groups is 1. The van der Waals surface area contributed by atoms with E-state index in [4.69, 9.17) is 27.9 Å². The lowest BCUT2D eigenvalue weighted by molar-refractivity contribution is 0.0924. The van der Waals surface area contributed by atoms with Crippen LogP contribution >= 0.6 is 11.6 Å². The number of rotatable bonds is 5. The molecule has 1 atom stereocenters. The largest absolute Gasteiger partial charge is 0.398 e. The molecule has 1 unspecified atom stereocenters. The van der Waals surface area contributed by atoms with Gasteiger partial charge in [-0.2, -0.15) is 0 Å². The molecule has 1 aromatic carbocycles. The number of hydrogen-bond donors (Lipinski definition) is 5. The number of halogens is 1. The third-order valence-corrected chi connectivity index (χ3v) is 4.05. The Morgan fingerprint density at radius 2 is 2.23 bits per heavy atom. The number of nitrogens with zero attached hydrogens (tertiary/aromatic N) is 2. The van der Waals surface area contributed by atoms with Crippen molar-refractivity contribution in [3.63, 3.8) is 0 Å². The number of aromatic amines is 1. The predicted octanol–water partition coefficient (Wildman–Crippen LogP) is 1.72. The van der Waals surface area contributed by atoms with E-state index in [9.17, 15) is 4.79 Å². The van der Waals surface area contributed by atoms with Crippen molar-refractivity contribution in [2.24, 2.45) is 0 Å². The molecular formula is C17H17ClN6O2. The molecule has 0 radical (unpaired) electrons. The summed E-state index contributed by atoms with van der Waals surface area (Å²) in [5, 5.41) is 20.6. The molecule has 3 rings (SSSR count). The van der Waals surface area contributed by atoms with Crippen LogP contribution in [0.2, 0.25) is 5.02 Å². The van der Waals surface area contributed by atoms with Crippen LogP contribution in [0.1, 0.15) is 28.5 Å². The van der Waals surface area contributed by atoms with Crippen LogP contribution in [-0.4, -0.2) is 44.3 Å². The van der Waals surface area contributed by atoms with Gasteiger partial charge in [0.1, 0.15) is 11.2 Å². The lowest BCUT2D eigenvalue weighted by Gasteiger charge is -2.10. The maximum atomic E-state index is 12.3. The van der Waals surface area contributed by atoms with Crippen molar-refractivity contribution in [3.8, 4) is 0 Å². The van der Waals surface area contributed by atoms with Gasteiger partial charge in [-0.1, -0.05) is 11.6 Å². The number of nitrogens with two attached hydrogens (primary N) is 1. The molecule has 0 spiro atoms. The van der Waals surface area contributed by atoms with Gasteiger partial charge in [0.05, 0.1) is 24.1 Å². The van der Waals surface area contributed by atoms with Gasteiger partial charge < -0.3 is 21.1 Å². The summed E-state index contributed by atoms with van der Waals surface area (Å²) in [4.78, 5) is 23.8. The van der Waals surface area contributed by atoms with Gasteiger partial charge in [0.25, 0.3) is 5.91 Å². The molecule has 0 aliphatic carbocycles. The number of nitrogen functional groups attached to an aromatic ring is 1. The number of amides is 1. The molecule has 3 aromatic rings. The summed E-state index contributed by atoms with van der Waals surface area (Å²) < 4.78 is 0. The summed E-state index contributed by atoms with van der Waals surface area (Å²) >= 11 is 5.90. The lowest BCUT2D eigenvalue weighted by atomic mass is 10.1. The summed E-state index contributed by atoms with van der Waals surface area (Å²) in [6.45, 7) is 1.51. The van der Waals surface area contributed by atoms with E-state index in [2.05, 4.69) is 20.3 Å². The number of nitrogens with one attached hydrogen (secondary N) is 3. The van der Waals surface area contributed by atoms with Gasteiger partial charge in [-0.3, -0.25) is 10.2 Å². The third-order valence-electron chi connectivity index (χ3n) is 3.82. The number of carbonyl (C=O) groups excluding carboxylic acids is 1. The number of aromatic nitrogens is 3. The van der Waals surface area contributed by atoms with Crippen LogP contribution in [0.3, 0.4) is 0 Å². The Morgan fingerprint density at radius 1 is 1.46 bits per heavy atom. The second-order valence-corrected chi connectivity index (χ2v) is 6.25. The van der Waals surface area contributed by atoms with E-state index < -0.39 is 6.04 Å². The molecule has 2 aromatic heterocycles. The van der Waals surface area contributed by atoms with Gasteiger partial charge in [-0.25, -0.2) is 9.97 Å². The van der Waals surface area contributed by atoms with Gasteiger partial charge in [-0.05, 0) is 25.1 Å². The molecule has 0 aliphatic heterocycles. The molecule has 0 aliphatic rings. The first-order valence-electron chi connectivity index (χ1n) is 7.81. The van der Waals surface area contributed by atoms with Crippen LogP contribution in [0.4, 0.5) is 5.69 Å². The highest BCUT2D eigenvalue weighted by Crippen LogP contribution is 2.21. The van der Waals surface area contributed by atoms with E-state index in [1.807, 2.05) is 0 Å². The number of aliphatic hydroxyl groups is 1. The quantitative estimate of drug-likeness (QED) is 0.342. The fourth-order valence-electron chi connectivity index (χ4n) is 2.43. The number of hydrogen-bond acceptors (Lipinski definition) is 6. The van der Waals surface area contributed by atoms with Crippen molar-refractivity contribution < 1.29 is 9.90 Å². The fraction of sp³-hybridized carbons (Fsp3) is 0.176. The summed E-state index contributed by atoms with van der Waals surface area (Å²) in [6.07, 6.45) is 2.93. The maximum Gasteiger partial charge on any atom is 0.255 e. The minimum absolute atomic E-state index is 0.0739. The van der Waals surface area contributed by atoms with E-state index in [0.717, 1.165) is 0 Å². The van der Waals surface area contributed by atoms with E-state index in [1.165, 1.54) is 12.4 Å². The minimum Gasteiger partial charge on any atom is -0.398 e. The minimum atomic E-state index is -0.393. The molecule has 0 saturated carbocycles. The van der Waals surface area contributed by atoms with Gasteiger partial charge in [0.15, 0.2) is 5.65 Å². The second kappa shape index (κ2) is 7.11. The zero-order valence-electron chi connectivity index (χ0n) is 13.9. The molecule has 134 valence electrons. The van der Waals surface area contributed by atoms with Crippen LogP contribution < -0.4 is 11.1 Å². The van der Waals surface area contributed by atoms with Gasteiger partial charge in [0, 0.05) is 28.5 Å². The van der Waals surface area contributed by atoms with Gasteiger partial charge >= 0.3 is 0 Å². The van der Waals surface area contributed by atoms with Crippen LogP contribution in [0.5, 0.6) is 0 Å². The Morgan fingerprint density at radius 3 is 2.92 bits per heavy atom. The zero-order chi connectivity index (χ0) is 18.8. The van der Waals surface area contributed by atoms with Gasteiger partial charge in [-0.15, -0.1) is 0 Å². The lowest BCUT2D eigenvalue weighted by Crippen LogP contribution is -2.34. The Balaban J connectivity index is 1.99. The summed E-state index contributed by atoms with van der Waals surface area (Å²) in [6, 6.07) is 4.44. The van der Waals surface area contributed by atoms with Crippen LogP contribution in [0.25, 0.3) is 11.2 Å². The molecule has 0 saturated heterocycles. The highest BCUT2D eigenvalue weighted by atomic mass is 35.5. The molecule has 1 amide bonds. The third kappa shape index (κ3) is 3.37. The van der Waals surface area contributed by atoms with E-state index in [-0.39, 0.29) is 29.5 Å². The summed E-state index contributed by atoms with van der Waals surface area (Å²) in [5.41, 5.74) is 8.15. The maximum absolute atomic E-state index is 12.3. The molecule has 26 heavy (non-hydrogen) atoms. The summed E-state index contributed by atoms with van der Waals surface area (Å²) in [7, 11) is 0. The molecule has 6 N–H and O–H groups in total. The Bertz CT molecular complexity index is 1000. The van der Waals surface area contributed by atoms with Gasteiger partial charge in [0.2, 0.25) is 0 Å². The van der Waals surface area contributed by atoms with E-state index in [0.29, 0.717) is 27.4 Å². The Labute approximate surface area is 153 Å². The SMILES string of the molecule is CC(CO)NC(=O)c1c[nH]c2ncc(C(=N)c3ccc(Cl)cc3N)nc12. The monoisotopic (exact) mass is 372 g/mol. The zero-order valence-corrected chi connectivity index (χ0v) is 14.6. The number of fused-ring (bicyclic) bond motifs is 1. The summed E-state index contributed by atoms with van der Waals surface area (Å²) in [5.74, 6) is -0.387. The predicted molar refractivity (Wildman–Crippen MR) is 99.7 cm³/mol. The number of aliphatic hydroxyl groups excluding tert-OH is 1. The fourth-order valence-corrected chi connectivity index (χ4v) is 2.61. The average Bonchev–Trinajstić information content (AvgIpc) is 3.04. The Kier molecular flexibility index (Phi) is 4.88. The molecule has 2 heterocycles.